The first-order valence-corrected chi connectivity index (χ1v) is 15.1. The summed E-state index contributed by atoms with van der Waals surface area (Å²) in [5.74, 6) is 0. The molecule has 0 N–H and O–H groups in total. The van der Waals surface area contributed by atoms with Gasteiger partial charge in [-0.3, -0.25) is 0 Å². The van der Waals surface area contributed by atoms with Crippen LogP contribution in [-0.2, 0) is 0 Å². The van der Waals surface area contributed by atoms with Crippen molar-refractivity contribution >= 4 is 64.1 Å². The predicted molar refractivity (Wildman–Crippen MR) is 166 cm³/mol. The van der Waals surface area contributed by atoms with Gasteiger partial charge in [0.05, 0.1) is 9.40 Å². The molecule has 3 aromatic carbocycles. The van der Waals surface area contributed by atoms with Crippen LogP contribution in [-0.4, -0.2) is 0 Å². The number of hydrogen-bond donors (Lipinski definition) is 0. The fourth-order valence-corrected chi connectivity index (χ4v) is 8.19. The Morgan fingerprint density at radius 3 is 1.28 bits per heavy atom. The molecular formula is C32H26S4. The zero-order valence-electron chi connectivity index (χ0n) is 20.2. The maximum absolute atomic E-state index is 2.24. The predicted octanol–water partition coefficient (Wildman–Crippen LogP) is 11.6. The van der Waals surface area contributed by atoms with Gasteiger partial charge in [-0.2, -0.15) is 0 Å². The van der Waals surface area contributed by atoms with E-state index in [-0.39, 0.29) is 0 Å². The third kappa shape index (κ3) is 6.03. The van der Waals surface area contributed by atoms with E-state index in [1.807, 2.05) is 57.5 Å². The second-order valence-corrected chi connectivity index (χ2v) is 12.7. The van der Waals surface area contributed by atoms with Crippen LogP contribution < -0.4 is 0 Å². The van der Waals surface area contributed by atoms with Crippen molar-refractivity contribution in [2.24, 2.45) is 0 Å². The maximum atomic E-state index is 2.24. The van der Waals surface area contributed by atoms with E-state index in [1.54, 1.807) is 0 Å². The molecule has 0 fully saturated rings. The zero-order chi connectivity index (χ0) is 24.7. The molecule has 0 saturated carbocycles. The smallest absolute Gasteiger partial charge is 0.0629 e. The highest BCUT2D eigenvalue weighted by Crippen LogP contribution is 2.40. The highest BCUT2D eigenvalue weighted by Gasteiger charge is 2.05. The van der Waals surface area contributed by atoms with Gasteiger partial charge in [-0.1, -0.05) is 78.9 Å². The minimum absolute atomic E-state index is 1.26. The molecule has 7 rings (SSSR count). The Bertz CT molecular complexity index is 1530. The molecule has 36 heavy (non-hydrogen) atoms. The van der Waals surface area contributed by atoms with Crippen LogP contribution >= 0.6 is 45.3 Å². The number of rotatable bonds is 2. The summed E-state index contributed by atoms with van der Waals surface area (Å²) in [6, 6.07) is 38.3. The average molecular weight is 539 g/mol. The van der Waals surface area contributed by atoms with Crippen LogP contribution in [0.25, 0.3) is 41.1 Å². The number of hydrogen-bond acceptors (Lipinski definition) is 4. The Balaban J connectivity index is 0.000000125. The van der Waals surface area contributed by atoms with Crippen molar-refractivity contribution in [1.82, 2.24) is 0 Å². The molecule has 0 bridgehead atoms. The van der Waals surface area contributed by atoms with Gasteiger partial charge < -0.3 is 0 Å². The quantitative estimate of drug-likeness (QED) is 0.205. The van der Waals surface area contributed by atoms with Gasteiger partial charge in [-0.05, 0) is 77.2 Å². The largest absolute Gasteiger partial charge is 0.146 e. The topological polar surface area (TPSA) is 0 Å². The van der Waals surface area contributed by atoms with Crippen molar-refractivity contribution in [3.63, 3.8) is 0 Å². The van der Waals surface area contributed by atoms with Gasteiger partial charge in [0, 0.05) is 19.2 Å². The molecule has 0 nitrogen and oxygen atoms in total. The second-order valence-electron chi connectivity index (χ2n) is 8.30. The van der Waals surface area contributed by atoms with Crippen LogP contribution in [0, 0.1) is 13.8 Å². The van der Waals surface area contributed by atoms with Gasteiger partial charge in [0.25, 0.3) is 0 Å². The molecule has 0 saturated heterocycles. The Hall–Kier alpha value is -3.02. The summed E-state index contributed by atoms with van der Waals surface area (Å²) in [5, 5.41) is 4.33. The maximum Gasteiger partial charge on any atom is 0.0629 e. The van der Waals surface area contributed by atoms with Crippen LogP contribution in [0.15, 0.2) is 120 Å². The average Bonchev–Trinajstić information content (AvgIpc) is 3.71. The number of fused-ring (bicyclic) bond motifs is 3. The van der Waals surface area contributed by atoms with E-state index in [0.717, 1.165) is 0 Å². The van der Waals surface area contributed by atoms with Crippen LogP contribution in [0.5, 0.6) is 0 Å². The summed E-state index contributed by atoms with van der Waals surface area (Å²) in [6.45, 7) is 4.25. The molecule has 0 aliphatic heterocycles. The monoisotopic (exact) mass is 538 g/mol. The number of benzene rings is 3. The van der Waals surface area contributed by atoms with E-state index in [9.17, 15) is 0 Å². The molecule has 0 aliphatic carbocycles. The van der Waals surface area contributed by atoms with Crippen molar-refractivity contribution in [2.45, 2.75) is 13.8 Å². The first kappa shape index (κ1) is 24.7. The van der Waals surface area contributed by atoms with Crippen molar-refractivity contribution in [1.29, 1.82) is 0 Å². The van der Waals surface area contributed by atoms with E-state index in [0.29, 0.717) is 0 Å². The summed E-state index contributed by atoms with van der Waals surface area (Å²) in [7, 11) is 0. The van der Waals surface area contributed by atoms with Gasteiger partial charge >= 0.3 is 0 Å². The lowest BCUT2D eigenvalue weighted by molar-refractivity contribution is 1.59. The lowest BCUT2D eigenvalue weighted by atomic mass is 9.99. The summed E-state index contributed by atoms with van der Waals surface area (Å²) < 4.78 is 5.83. The molecule has 0 unspecified atom stereocenters. The lowest BCUT2D eigenvalue weighted by Crippen LogP contribution is -1.80. The van der Waals surface area contributed by atoms with Gasteiger partial charge in [0.2, 0.25) is 0 Å². The molecule has 7 aromatic rings. The molecular weight excluding hydrogens is 513 g/mol. The minimum atomic E-state index is 1.26. The molecule has 0 radical (unpaired) electrons. The highest BCUT2D eigenvalue weighted by molar-refractivity contribution is 7.37. The third-order valence-electron chi connectivity index (χ3n) is 5.64. The molecule has 0 spiro atoms. The first-order chi connectivity index (χ1) is 17.7. The summed E-state index contributed by atoms with van der Waals surface area (Å²) >= 11 is 7.44. The number of aryl methyl sites for hydroxylation is 2. The van der Waals surface area contributed by atoms with Crippen molar-refractivity contribution < 1.29 is 0 Å². The van der Waals surface area contributed by atoms with Crippen LogP contribution in [0.3, 0.4) is 0 Å². The normalized spacial score (nSPS) is 10.5. The van der Waals surface area contributed by atoms with E-state index in [1.165, 1.54) is 50.8 Å². The molecule has 0 atom stereocenters. The molecule has 0 aliphatic rings. The minimum Gasteiger partial charge on any atom is -0.146 e. The van der Waals surface area contributed by atoms with Gasteiger partial charge in [0.15, 0.2) is 0 Å². The van der Waals surface area contributed by atoms with E-state index in [2.05, 4.69) is 122 Å². The van der Waals surface area contributed by atoms with Crippen molar-refractivity contribution in [2.75, 3.05) is 0 Å². The standard InChI is InChI=1S/C18H14.C8H4S3.C6H8S/c1-3-8-15(9-4-1)17-12-7-13-18(14-17)16-10-5-2-6-11-16;1-3-9-7-5(1)11-6-2-4-10-8(6)7;1-5-3-4-6(2)7-5/h1-14H;1-4H;3-4H,1-2H3. The summed E-state index contributed by atoms with van der Waals surface area (Å²) in [4.78, 5) is 2.80. The Labute approximate surface area is 228 Å². The van der Waals surface area contributed by atoms with Crippen molar-refractivity contribution in [3.8, 4) is 22.3 Å². The van der Waals surface area contributed by atoms with Gasteiger partial charge in [0.1, 0.15) is 0 Å². The Morgan fingerprint density at radius 1 is 0.417 bits per heavy atom. The molecule has 178 valence electrons. The van der Waals surface area contributed by atoms with E-state index >= 15 is 0 Å². The molecule has 4 aromatic heterocycles. The van der Waals surface area contributed by atoms with Crippen molar-refractivity contribution in [3.05, 3.63) is 130 Å². The lowest BCUT2D eigenvalue weighted by Gasteiger charge is -2.05. The first-order valence-electron chi connectivity index (χ1n) is 11.7. The summed E-state index contributed by atoms with van der Waals surface area (Å²) in [5.41, 5.74) is 5.04. The van der Waals surface area contributed by atoms with Gasteiger partial charge in [-0.15, -0.1) is 45.3 Å². The van der Waals surface area contributed by atoms with Crippen LogP contribution in [0.4, 0.5) is 0 Å². The molecule has 4 heterocycles. The number of thiophene rings is 4. The molecule has 0 amide bonds. The highest BCUT2D eigenvalue weighted by atomic mass is 32.1. The van der Waals surface area contributed by atoms with Gasteiger partial charge in [-0.25, -0.2) is 0 Å². The zero-order valence-corrected chi connectivity index (χ0v) is 23.4. The van der Waals surface area contributed by atoms with Crippen LogP contribution in [0.2, 0.25) is 0 Å². The fourth-order valence-electron chi connectivity index (χ4n) is 3.90. The Kier molecular flexibility index (Phi) is 8.09. The fraction of sp³-hybridized carbons (Fsp3) is 0.0625. The van der Waals surface area contributed by atoms with E-state index < -0.39 is 0 Å². The van der Waals surface area contributed by atoms with E-state index in [4.69, 9.17) is 0 Å². The van der Waals surface area contributed by atoms with Crippen LogP contribution in [0.1, 0.15) is 9.75 Å². The second kappa shape index (κ2) is 11.8. The summed E-state index contributed by atoms with van der Waals surface area (Å²) in [6.07, 6.45) is 0. The third-order valence-corrected chi connectivity index (χ3v) is 9.92. The molecule has 4 heteroatoms. The SMILES string of the molecule is Cc1ccc(C)s1.c1cc2sc3ccsc3c2s1.c1ccc(-c2cccc(-c3ccccc3)c2)cc1. The Morgan fingerprint density at radius 2 is 0.861 bits per heavy atom.